The number of nitrogens with one attached hydrogen (secondary N) is 1. The smallest absolute Gasteiger partial charge is 0.313 e. The number of alkyl halides is 3. The Morgan fingerprint density at radius 2 is 1.75 bits per heavy atom. The first kappa shape index (κ1) is 15.6. The minimum Gasteiger partial charge on any atom is -0.313 e. The monoisotopic (exact) mass is 305 g/mol. The van der Waals surface area contributed by atoms with E-state index in [1.807, 2.05) is 12.1 Å². The van der Waals surface area contributed by atoms with Crippen molar-refractivity contribution in [2.45, 2.75) is 44.3 Å². The van der Waals surface area contributed by atoms with Crippen LogP contribution in [0.15, 0.2) is 24.3 Å². The number of hydrogen-bond donors (Lipinski definition) is 1. The summed E-state index contributed by atoms with van der Waals surface area (Å²) in [6, 6.07) is 6.99. The lowest BCUT2D eigenvalue weighted by Gasteiger charge is -2.33. The van der Waals surface area contributed by atoms with Gasteiger partial charge in [0, 0.05) is 11.1 Å². The van der Waals surface area contributed by atoms with Gasteiger partial charge in [-0.25, -0.2) is 0 Å². The molecule has 0 aromatic heterocycles. The molecule has 0 spiro atoms. The first-order valence-corrected chi connectivity index (χ1v) is 7.39. The Hall–Kier alpha value is -0.740. The van der Waals surface area contributed by atoms with Crippen molar-refractivity contribution < 1.29 is 13.2 Å². The maximum absolute atomic E-state index is 12.9. The predicted molar refractivity (Wildman–Crippen MR) is 75.0 cm³/mol. The number of rotatable bonds is 4. The summed E-state index contributed by atoms with van der Waals surface area (Å²) in [6.07, 6.45) is -0.936. The normalized spacial score (nSPS) is 23.8. The van der Waals surface area contributed by atoms with E-state index >= 15 is 0 Å². The van der Waals surface area contributed by atoms with E-state index in [9.17, 15) is 13.2 Å². The van der Waals surface area contributed by atoms with Crippen molar-refractivity contribution in [2.24, 2.45) is 5.92 Å². The Morgan fingerprint density at radius 1 is 1.10 bits per heavy atom. The number of hydrogen-bond acceptors (Lipinski definition) is 1. The second-order valence-electron chi connectivity index (χ2n) is 5.37. The highest BCUT2D eigenvalue weighted by atomic mass is 35.5. The van der Waals surface area contributed by atoms with E-state index in [0.29, 0.717) is 24.4 Å². The average Bonchev–Trinajstić information content (AvgIpc) is 2.40. The maximum atomic E-state index is 12.9. The van der Waals surface area contributed by atoms with Crippen LogP contribution in [0.5, 0.6) is 0 Å². The summed E-state index contributed by atoms with van der Waals surface area (Å²) in [7, 11) is 0. The Bertz CT molecular complexity index is 416. The molecule has 1 aromatic rings. The van der Waals surface area contributed by atoms with Gasteiger partial charge < -0.3 is 5.32 Å². The van der Waals surface area contributed by atoms with Crippen LogP contribution < -0.4 is 5.32 Å². The lowest BCUT2D eigenvalue weighted by Crippen LogP contribution is -2.46. The van der Waals surface area contributed by atoms with Gasteiger partial charge in [-0.15, -0.1) is 0 Å². The van der Waals surface area contributed by atoms with E-state index in [0.717, 1.165) is 18.4 Å². The van der Waals surface area contributed by atoms with E-state index in [2.05, 4.69) is 5.32 Å². The van der Waals surface area contributed by atoms with E-state index < -0.39 is 18.1 Å². The standard InChI is InChI=1S/C15H19ClF3N/c16-12-7-5-11(6-8-12)9-10-20-14-4-2-1-3-13(14)15(17,18)19/h5-8,13-14,20H,1-4,9-10H2. The molecule has 0 aliphatic heterocycles. The van der Waals surface area contributed by atoms with Crippen LogP contribution in [0.4, 0.5) is 13.2 Å². The van der Waals surface area contributed by atoms with Crippen LogP contribution in [0.1, 0.15) is 31.2 Å². The van der Waals surface area contributed by atoms with Crippen molar-refractivity contribution >= 4 is 11.6 Å². The first-order chi connectivity index (χ1) is 9.47. The topological polar surface area (TPSA) is 12.0 Å². The molecule has 0 saturated heterocycles. The zero-order valence-electron chi connectivity index (χ0n) is 11.2. The third-order valence-corrected chi connectivity index (χ3v) is 4.17. The number of benzene rings is 1. The van der Waals surface area contributed by atoms with Crippen LogP contribution in [0, 0.1) is 5.92 Å². The van der Waals surface area contributed by atoms with E-state index in [1.165, 1.54) is 0 Å². The van der Waals surface area contributed by atoms with Gasteiger partial charge in [0.05, 0.1) is 5.92 Å². The Balaban J connectivity index is 1.84. The maximum Gasteiger partial charge on any atom is 0.393 e. The summed E-state index contributed by atoms with van der Waals surface area (Å²) in [5, 5.41) is 3.76. The van der Waals surface area contributed by atoms with Gasteiger partial charge in [-0.3, -0.25) is 0 Å². The van der Waals surface area contributed by atoms with Gasteiger partial charge in [0.15, 0.2) is 0 Å². The molecule has 2 rings (SSSR count). The molecule has 5 heteroatoms. The van der Waals surface area contributed by atoms with Gasteiger partial charge in [-0.1, -0.05) is 36.6 Å². The summed E-state index contributed by atoms with van der Waals surface area (Å²) in [5.74, 6) is -1.19. The van der Waals surface area contributed by atoms with Gasteiger partial charge in [0.25, 0.3) is 0 Å². The molecule has 0 radical (unpaired) electrons. The molecule has 1 fully saturated rings. The summed E-state index contributed by atoms with van der Waals surface area (Å²) in [4.78, 5) is 0. The van der Waals surface area contributed by atoms with Gasteiger partial charge >= 0.3 is 6.18 Å². The third kappa shape index (κ3) is 4.38. The van der Waals surface area contributed by atoms with Gasteiger partial charge in [0.1, 0.15) is 0 Å². The Labute approximate surface area is 122 Å². The van der Waals surface area contributed by atoms with Crippen LogP contribution >= 0.6 is 11.6 Å². The van der Waals surface area contributed by atoms with Crippen LogP contribution in [0.2, 0.25) is 5.02 Å². The minimum absolute atomic E-state index is 0.252. The average molecular weight is 306 g/mol. The Kier molecular flexibility index (Phi) is 5.33. The summed E-state index contributed by atoms with van der Waals surface area (Å²) >= 11 is 5.80. The minimum atomic E-state index is -4.08. The van der Waals surface area contributed by atoms with Crippen molar-refractivity contribution in [2.75, 3.05) is 6.54 Å². The van der Waals surface area contributed by atoms with Crippen molar-refractivity contribution in [3.63, 3.8) is 0 Å². The summed E-state index contributed by atoms with van der Waals surface area (Å²) < 4.78 is 38.8. The van der Waals surface area contributed by atoms with Gasteiger partial charge in [-0.05, 0) is 43.5 Å². The van der Waals surface area contributed by atoms with Gasteiger partial charge in [0.2, 0.25) is 0 Å². The van der Waals surface area contributed by atoms with E-state index in [4.69, 9.17) is 11.6 Å². The molecule has 1 aromatic carbocycles. The zero-order valence-corrected chi connectivity index (χ0v) is 12.0. The predicted octanol–water partition coefficient (Wildman–Crippen LogP) is 4.59. The van der Waals surface area contributed by atoms with Gasteiger partial charge in [-0.2, -0.15) is 13.2 Å². The molecule has 20 heavy (non-hydrogen) atoms. The summed E-state index contributed by atoms with van der Waals surface area (Å²) in [5.41, 5.74) is 1.08. The molecular weight excluding hydrogens is 287 g/mol. The fraction of sp³-hybridized carbons (Fsp3) is 0.600. The largest absolute Gasteiger partial charge is 0.393 e. The lowest BCUT2D eigenvalue weighted by molar-refractivity contribution is -0.188. The molecule has 112 valence electrons. The zero-order chi connectivity index (χ0) is 14.6. The molecule has 0 heterocycles. The fourth-order valence-corrected chi connectivity index (χ4v) is 2.95. The second kappa shape index (κ2) is 6.81. The molecule has 1 saturated carbocycles. The van der Waals surface area contributed by atoms with Crippen molar-refractivity contribution in [1.82, 2.24) is 5.32 Å². The molecular formula is C15H19ClF3N. The highest BCUT2D eigenvalue weighted by molar-refractivity contribution is 6.30. The van der Waals surface area contributed by atoms with E-state index in [1.54, 1.807) is 12.1 Å². The molecule has 1 N–H and O–H groups in total. The fourth-order valence-electron chi connectivity index (χ4n) is 2.82. The van der Waals surface area contributed by atoms with Crippen LogP contribution in [-0.2, 0) is 6.42 Å². The van der Waals surface area contributed by atoms with Crippen molar-refractivity contribution in [3.8, 4) is 0 Å². The third-order valence-electron chi connectivity index (χ3n) is 3.92. The van der Waals surface area contributed by atoms with Crippen molar-refractivity contribution in [1.29, 1.82) is 0 Å². The van der Waals surface area contributed by atoms with E-state index in [-0.39, 0.29) is 6.42 Å². The SMILES string of the molecule is FC(F)(F)C1CCCCC1NCCc1ccc(Cl)cc1. The molecule has 0 amide bonds. The molecule has 2 unspecified atom stereocenters. The number of halogens is 4. The lowest BCUT2D eigenvalue weighted by atomic mass is 9.84. The van der Waals surface area contributed by atoms with Crippen LogP contribution in [0.25, 0.3) is 0 Å². The molecule has 1 aliphatic rings. The second-order valence-corrected chi connectivity index (χ2v) is 5.81. The first-order valence-electron chi connectivity index (χ1n) is 7.01. The van der Waals surface area contributed by atoms with Crippen LogP contribution in [-0.4, -0.2) is 18.8 Å². The molecule has 2 atom stereocenters. The summed E-state index contributed by atoms with van der Waals surface area (Å²) in [6.45, 7) is 0.568. The Morgan fingerprint density at radius 3 is 2.40 bits per heavy atom. The molecule has 0 bridgehead atoms. The highest BCUT2D eigenvalue weighted by Crippen LogP contribution is 2.37. The van der Waals surface area contributed by atoms with Crippen molar-refractivity contribution in [3.05, 3.63) is 34.9 Å². The highest BCUT2D eigenvalue weighted by Gasteiger charge is 2.45. The van der Waals surface area contributed by atoms with Crippen LogP contribution in [0.3, 0.4) is 0 Å². The quantitative estimate of drug-likeness (QED) is 0.857. The molecule has 1 aliphatic carbocycles. The molecule has 1 nitrogen and oxygen atoms in total.